The first-order valence-corrected chi connectivity index (χ1v) is 12.7. The van der Waals surface area contributed by atoms with Crippen LogP contribution in [0.25, 0.3) is 0 Å². The molecule has 3 amide bonds. The largest absolute Gasteiger partial charge is 0.543 e. The van der Waals surface area contributed by atoms with Crippen molar-refractivity contribution in [3.05, 3.63) is 40.8 Å². The molecule has 2 N–H and O–H groups in total. The number of carbonyl (C=O) groups is 4. The third kappa shape index (κ3) is 4.97. The average molecular weight is 534 g/mol. The molecule has 1 fully saturated rings. The Morgan fingerprint density at radius 2 is 2.22 bits per heavy atom. The van der Waals surface area contributed by atoms with Crippen molar-refractivity contribution in [2.24, 2.45) is 12.2 Å². The zero-order valence-corrected chi connectivity index (χ0v) is 21.2. The number of aliphatic carboxylic acids is 1. The number of fused-ring (bicyclic) bond motifs is 1. The van der Waals surface area contributed by atoms with Crippen LogP contribution in [0.2, 0.25) is 0 Å². The lowest BCUT2D eigenvalue weighted by atomic mass is 10.0. The van der Waals surface area contributed by atoms with Crippen LogP contribution in [0.15, 0.2) is 40.3 Å². The van der Waals surface area contributed by atoms with Crippen molar-refractivity contribution in [1.29, 1.82) is 0 Å². The number of carbonyl (C=O) groups excluding carboxylic acids is 4. The molecule has 0 unspecified atom stereocenters. The fourth-order valence-corrected chi connectivity index (χ4v) is 5.67. The average Bonchev–Trinajstić information content (AvgIpc) is 3.46. The summed E-state index contributed by atoms with van der Waals surface area (Å²) in [4.78, 5) is 59.3. The molecule has 0 bridgehead atoms. The number of thiazole rings is 1. The monoisotopic (exact) mass is 533 g/mol. The molecule has 2 aromatic rings. The number of nitrogens with one attached hydrogen (secondary N) is 2. The summed E-state index contributed by atoms with van der Waals surface area (Å²) < 4.78 is 3.61. The Morgan fingerprint density at radius 1 is 1.44 bits per heavy atom. The first-order valence-electron chi connectivity index (χ1n) is 10.8. The highest BCUT2D eigenvalue weighted by atomic mass is 32.2. The second-order valence-corrected chi connectivity index (χ2v) is 10.1. The number of amides is 3. The number of hydrogen-bond donors (Lipinski definition) is 2. The van der Waals surface area contributed by atoms with E-state index in [2.05, 4.69) is 20.8 Å². The summed E-state index contributed by atoms with van der Waals surface area (Å²) in [5, 5.41) is 22.1. The highest BCUT2D eigenvalue weighted by Gasteiger charge is 2.53. The predicted molar refractivity (Wildman–Crippen MR) is 127 cm³/mol. The van der Waals surface area contributed by atoms with Crippen molar-refractivity contribution in [3.63, 3.8) is 0 Å². The molecular weight excluding hydrogens is 510 g/mol. The summed E-state index contributed by atoms with van der Waals surface area (Å²) in [6.45, 7) is 3.73. The SMILES string of the molecule is CC(C)ON=C(C(=O)N[C@@H]1C(=O)N2C(C(=O)[O-])=C(Cn3ccc[n+]3C)CS[C@H]12)c1csc(NC=O)n1. The summed E-state index contributed by atoms with van der Waals surface area (Å²) >= 11 is 2.43. The van der Waals surface area contributed by atoms with Gasteiger partial charge in [-0.2, -0.15) is 4.68 Å². The van der Waals surface area contributed by atoms with Gasteiger partial charge in [0.25, 0.3) is 11.8 Å². The van der Waals surface area contributed by atoms with Gasteiger partial charge in [-0.15, -0.1) is 27.8 Å². The van der Waals surface area contributed by atoms with Crippen LogP contribution in [-0.2, 0) is 37.6 Å². The number of carboxylic acids is 1. The molecule has 4 rings (SSSR count). The molecule has 2 aliphatic rings. The van der Waals surface area contributed by atoms with E-state index in [4.69, 9.17) is 4.84 Å². The lowest BCUT2D eigenvalue weighted by Crippen LogP contribution is -2.71. The van der Waals surface area contributed by atoms with Crippen molar-refractivity contribution in [1.82, 2.24) is 19.9 Å². The maximum Gasteiger partial charge on any atom is 0.276 e. The van der Waals surface area contributed by atoms with Gasteiger partial charge in [-0.05, 0) is 19.4 Å². The van der Waals surface area contributed by atoms with Gasteiger partial charge in [-0.3, -0.25) is 19.3 Å². The quantitative estimate of drug-likeness (QED) is 0.124. The summed E-state index contributed by atoms with van der Waals surface area (Å²) in [7, 11) is 1.82. The number of aryl methyl sites for hydroxylation is 1. The van der Waals surface area contributed by atoms with E-state index in [-0.39, 0.29) is 34.9 Å². The molecule has 1 saturated heterocycles. The number of oxime groups is 1. The van der Waals surface area contributed by atoms with Gasteiger partial charge in [0.2, 0.25) is 6.41 Å². The fraction of sp³-hybridized carbons (Fsp3) is 0.381. The Labute approximate surface area is 213 Å². The number of anilines is 1. The van der Waals surface area contributed by atoms with Crippen LogP contribution in [-0.4, -0.2) is 67.7 Å². The van der Waals surface area contributed by atoms with Crippen LogP contribution in [0.1, 0.15) is 19.5 Å². The molecule has 2 aliphatic heterocycles. The third-order valence-electron chi connectivity index (χ3n) is 5.34. The highest BCUT2D eigenvalue weighted by molar-refractivity contribution is 8.00. The Bertz CT molecular complexity index is 1270. The van der Waals surface area contributed by atoms with Crippen LogP contribution in [0.5, 0.6) is 0 Å². The molecule has 0 aromatic carbocycles. The van der Waals surface area contributed by atoms with Gasteiger partial charge < -0.3 is 25.4 Å². The molecule has 2 atom stereocenters. The summed E-state index contributed by atoms with van der Waals surface area (Å²) in [6, 6.07) is 0.845. The zero-order valence-electron chi connectivity index (χ0n) is 19.5. The Hall–Kier alpha value is -3.72. The first kappa shape index (κ1) is 25.4. The van der Waals surface area contributed by atoms with Gasteiger partial charge >= 0.3 is 0 Å². The fourth-order valence-electron chi connectivity index (χ4n) is 3.68. The van der Waals surface area contributed by atoms with Crippen LogP contribution in [0.3, 0.4) is 0 Å². The Morgan fingerprint density at radius 3 is 2.86 bits per heavy atom. The molecule has 36 heavy (non-hydrogen) atoms. The number of carboxylic acid groups (broad SMARTS) is 1. The van der Waals surface area contributed by atoms with Crippen molar-refractivity contribution < 1.29 is 33.8 Å². The van der Waals surface area contributed by atoms with Crippen LogP contribution >= 0.6 is 23.1 Å². The standard InChI is InChI=1S/C21H23N7O6S2/c1-11(2)34-25-14(13-9-36-21(23-13)22-10-29)17(30)24-15-18(31)28-16(20(32)33)12(8-35-19(15)28)7-27-6-4-5-26(27)3/h4-6,9-11,15,19H,7-8H2,1-3H3,(H2-,22,23,24,29,30,32,33)/t15-,19-/m1/s1. The zero-order chi connectivity index (χ0) is 26.0. The first-order chi connectivity index (χ1) is 17.2. The van der Waals surface area contributed by atoms with Gasteiger partial charge in [0.1, 0.15) is 29.8 Å². The van der Waals surface area contributed by atoms with E-state index in [0.717, 1.165) is 16.2 Å². The summed E-state index contributed by atoms with van der Waals surface area (Å²) in [5.41, 5.74) is 0.331. The predicted octanol–water partition coefficient (Wildman–Crippen LogP) is -1.43. The van der Waals surface area contributed by atoms with Gasteiger partial charge in [0, 0.05) is 17.2 Å². The van der Waals surface area contributed by atoms with Gasteiger partial charge in [-0.25, -0.2) is 4.98 Å². The van der Waals surface area contributed by atoms with Crippen LogP contribution < -0.4 is 20.4 Å². The van der Waals surface area contributed by atoms with Crippen molar-refractivity contribution in [2.75, 3.05) is 11.1 Å². The van der Waals surface area contributed by atoms with Crippen molar-refractivity contribution in [3.8, 4) is 0 Å². The van der Waals surface area contributed by atoms with E-state index in [9.17, 15) is 24.3 Å². The minimum absolute atomic E-state index is 0.152. The van der Waals surface area contributed by atoms with E-state index in [1.807, 2.05) is 24.0 Å². The van der Waals surface area contributed by atoms with E-state index < -0.39 is 29.2 Å². The highest BCUT2D eigenvalue weighted by Crippen LogP contribution is 2.40. The lowest BCUT2D eigenvalue weighted by Gasteiger charge is -2.50. The van der Waals surface area contributed by atoms with E-state index in [1.54, 1.807) is 24.7 Å². The maximum absolute atomic E-state index is 13.1. The molecule has 0 spiro atoms. The maximum atomic E-state index is 13.1. The molecule has 190 valence electrons. The number of rotatable bonds is 10. The number of aromatic nitrogens is 3. The van der Waals surface area contributed by atoms with E-state index >= 15 is 0 Å². The van der Waals surface area contributed by atoms with Gasteiger partial charge in [-0.1, -0.05) is 5.16 Å². The van der Waals surface area contributed by atoms with Gasteiger partial charge in [0.15, 0.2) is 24.1 Å². The number of nitrogens with zero attached hydrogens (tertiary/aromatic N) is 5. The molecule has 0 saturated carbocycles. The van der Waals surface area contributed by atoms with Crippen molar-refractivity contribution in [2.45, 2.75) is 37.9 Å². The second kappa shape index (κ2) is 10.5. The van der Waals surface area contributed by atoms with E-state index in [1.165, 1.54) is 17.1 Å². The minimum Gasteiger partial charge on any atom is -0.543 e. The molecule has 13 nitrogen and oxygen atoms in total. The molecule has 4 heterocycles. The number of thioether (sulfide) groups is 1. The molecular formula is C21H23N7O6S2. The topological polar surface area (TPSA) is 162 Å². The van der Waals surface area contributed by atoms with E-state index in [0.29, 0.717) is 17.7 Å². The van der Waals surface area contributed by atoms with Crippen LogP contribution in [0, 0.1) is 0 Å². The van der Waals surface area contributed by atoms with Crippen molar-refractivity contribution >= 4 is 58.1 Å². The Balaban J connectivity index is 1.54. The molecule has 2 aromatic heterocycles. The smallest absolute Gasteiger partial charge is 0.276 e. The second-order valence-electron chi connectivity index (χ2n) is 8.16. The number of hydrogen-bond acceptors (Lipinski definition) is 10. The van der Waals surface area contributed by atoms with Crippen LogP contribution in [0.4, 0.5) is 5.13 Å². The molecule has 0 radical (unpaired) electrons. The lowest BCUT2D eigenvalue weighted by molar-refractivity contribution is -0.752. The van der Waals surface area contributed by atoms with Gasteiger partial charge in [0.05, 0.1) is 17.9 Å². The normalized spacial score (nSPS) is 19.6. The molecule has 15 heteroatoms. The summed E-state index contributed by atoms with van der Waals surface area (Å²) in [5.74, 6) is -2.40. The number of β-lactam (4-membered cyclic amide) rings is 1. The minimum atomic E-state index is -1.45. The third-order valence-corrected chi connectivity index (χ3v) is 7.46. The Kier molecular flexibility index (Phi) is 7.40. The molecule has 0 aliphatic carbocycles. The summed E-state index contributed by atoms with van der Waals surface area (Å²) in [6.07, 6.45) is 3.75.